The minimum atomic E-state index is 0.482. The Labute approximate surface area is 149 Å². The third-order valence-electron chi connectivity index (χ3n) is 6.30. The van der Waals surface area contributed by atoms with Crippen molar-refractivity contribution in [2.45, 2.75) is 58.8 Å². The van der Waals surface area contributed by atoms with E-state index in [0.717, 1.165) is 24.9 Å². The van der Waals surface area contributed by atoms with Crippen molar-refractivity contribution in [3.05, 3.63) is 35.4 Å². The van der Waals surface area contributed by atoms with E-state index in [-0.39, 0.29) is 0 Å². The van der Waals surface area contributed by atoms with Gasteiger partial charge in [0, 0.05) is 32.7 Å². The van der Waals surface area contributed by atoms with Crippen LogP contribution < -0.4 is 5.32 Å². The normalized spacial score (nSPS) is 26.5. The second-order valence-corrected chi connectivity index (χ2v) is 9.00. The second kappa shape index (κ2) is 8.01. The van der Waals surface area contributed by atoms with Gasteiger partial charge in [0.15, 0.2) is 0 Å². The van der Waals surface area contributed by atoms with Crippen molar-refractivity contribution in [2.75, 3.05) is 32.7 Å². The van der Waals surface area contributed by atoms with Crippen LogP contribution in [0.3, 0.4) is 0 Å². The van der Waals surface area contributed by atoms with Gasteiger partial charge in [0.1, 0.15) is 0 Å². The zero-order valence-electron chi connectivity index (χ0n) is 16.0. The summed E-state index contributed by atoms with van der Waals surface area (Å²) in [7, 11) is 0. The zero-order valence-corrected chi connectivity index (χ0v) is 16.0. The summed E-state index contributed by atoms with van der Waals surface area (Å²) < 4.78 is 0. The highest BCUT2D eigenvalue weighted by Gasteiger charge is 2.30. The van der Waals surface area contributed by atoms with Gasteiger partial charge in [-0.2, -0.15) is 0 Å². The molecule has 1 aromatic carbocycles. The van der Waals surface area contributed by atoms with Crippen molar-refractivity contribution in [1.82, 2.24) is 10.2 Å². The van der Waals surface area contributed by atoms with Gasteiger partial charge in [0.05, 0.1) is 0 Å². The molecule has 1 heterocycles. The predicted molar refractivity (Wildman–Crippen MR) is 104 cm³/mol. The van der Waals surface area contributed by atoms with Crippen molar-refractivity contribution in [1.29, 1.82) is 0 Å². The van der Waals surface area contributed by atoms with E-state index in [1.807, 2.05) is 0 Å². The van der Waals surface area contributed by atoms with Crippen LogP contribution in [-0.4, -0.2) is 37.6 Å². The maximum atomic E-state index is 3.44. The lowest BCUT2D eigenvalue weighted by Gasteiger charge is -2.37. The molecule has 0 bridgehead atoms. The Morgan fingerprint density at radius 2 is 1.75 bits per heavy atom. The fraction of sp³-hybridized carbons (Fsp3) is 0.727. The SMILES string of the molecule is CC(C)(C)C1CCC(c2cccc(CCN3CCNCC3)c2)CC1. The van der Waals surface area contributed by atoms with Crippen LogP contribution in [0.4, 0.5) is 0 Å². The molecule has 2 nitrogen and oxygen atoms in total. The van der Waals surface area contributed by atoms with Crippen LogP contribution in [-0.2, 0) is 6.42 Å². The van der Waals surface area contributed by atoms with Gasteiger partial charge in [0.25, 0.3) is 0 Å². The largest absolute Gasteiger partial charge is 0.314 e. The first-order valence-electron chi connectivity index (χ1n) is 10.0. The summed E-state index contributed by atoms with van der Waals surface area (Å²) in [4.78, 5) is 2.59. The van der Waals surface area contributed by atoms with Crippen molar-refractivity contribution in [3.63, 3.8) is 0 Å². The van der Waals surface area contributed by atoms with Crippen molar-refractivity contribution in [2.24, 2.45) is 11.3 Å². The van der Waals surface area contributed by atoms with Crippen LogP contribution >= 0.6 is 0 Å². The predicted octanol–water partition coefficient (Wildman–Crippen LogP) is 4.45. The Bertz CT molecular complexity index is 503. The Balaban J connectivity index is 1.53. The van der Waals surface area contributed by atoms with Crippen molar-refractivity contribution >= 4 is 0 Å². The molecule has 0 amide bonds. The average Bonchev–Trinajstić information content (AvgIpc) is 2.60. The molecule has 2 fully saturated rings. The Morgan fingerprint density at radius 3 is 2.42 bits per heavy atom. The molecule has 1 N–H and O–H groups in total. The number of rotatable bonds is 4. The second-order valence-electron chi connectivity index (χ2n) is 9.00. The molecular weight excluding hydrogens is 292 g/mol. The Kier molecular flexibility index (Phi) is 5.99. The van der Waals surface area contributed by atoms with Gasteiger partial charge in [-0.3, -0.25) is 0 Å². The van der Waals surface area contributed by atoms with E-state index in [2.05, 4.69) is 55.3 Å². The van der Waals surface area contributed by atoms with Gasteiger partial charge in [-0.25, -0.2) is 0 Å². The van der Waals surface area contributed by atoms with Gasteiger partial charge in [-0.15, -0.1) is 0 Å². The highest BCUT2D eigenvalue weighted by atomic mass is 15.2. The topological polar surface area (TPSA) is 15.3 Å². The number of piperazine rings is 1. The molecule has 0 unspecified atom stereocenters. The molecule has 3 rings (SSSR count). The van der Waals surface area contributed by atoms with E-state index in [9.17, 15) is 0 Å². The van der Waals surface area contributed by atoms with Gasteiger partial charge < -0.3 is 10.2 Å². The van der Waals surface area contributed by atoms with E-state index in [0.29, 0.717) is 5.41 Å². The molecule has 0 radical (unpaired) electrons. The molecule has 1 saturated carbocycles. The van der Waals surface area contributed by atoms with Crippen LogP contribution in [0, 0.1) is 11.3 Å². The third-order valence-corrected chi connectivity index (χ3v) is 6.30. The van der Waals surface area contributed by atoms with Crippen LogP contribution in [0.25, 0.3) is 0 Å². The minimum Gasteiger partial charge on any atom is -0.314 e. The summed E-state index contributed by atoms with van der Waals surface area (Å²) in [6.45, 7) is 13.2. The zero-order chi connectivity index (χ0) is 17.0. The molecule has 0 aromatic heterocycles. The Hall–Kier alpha value is -0.860. The molecule has 0 atom stereocenters. The molecule has 134 valence electrons. The maximum absolute atomic E-state index is 3.44. The summed E-state index contributed by atoms with van der Waals surface area (Å²) in [5.41, 5.74) is 3.61. The van der Waals surface area contributed by atoms with Crippen LogP contribution in [0.2, 0.25) is 0 Å². The highest BCUT2D eigenvalue weighted by molar-refractivity contribution is 5.27. The van der Waals surface area contributed by atoms with E-state index < -0.39 is 0 Å². The lowest BCUT2D eigenvalue weighted by molar-refractivity contribution is 0.169. The molecule has 1 aliphatic heterocycles. The summed E-state index contributed by atoms with van der Waals surface area (Å²) in [5.74, 6) is 1.70. The fourth-order valence-electron chi connectivity index (χ4n) is 4.52. The van der Waals surface area contributed by atoms with Crippen LogP contribution in [0.1, 0.15) is 63.5 Å². The third kappa shape index (κ3) is 4.83. The van der Waals surface area contributed by atoms with Gasteiger partial charge in [-0.1, -0.05) is 45.0 Å². The standard InChI is InChI=1S/C22H36N2/c1-22(2,3)21-9-7-19(8-10-21)20-6-4-5-18(17-20)11-14-24-15-12-23-13-16-24/h4-6,17,19,21,23H,7-16H2,1-3H3. The summed E-state index contributed by atoms with van der Waals surface area (Å²) in [6, 6.07) is 9.49. The molecule has 24 heavy (non-hydrogen) atoms. The summed E-state index contributed by atoms with van der Waals surface area (Å²) >= 11 is 0. The average molecular weight is 329 g/mol. The molecule has 1 aliphatic carbocycles. The molecule has 1 aromatic rings. The first kappa shape index (κ1) is 17.9. The van der Waals surface area contributed by atoms with E-state index in [1.165, 1.54) is 57.3 Å². The maximum Gasteiger partial charge on any atom is 0.0108 e. The smallest absolute Gasteiger partial charge is 0.0108 e. The molecule has 2 heteroatoms. The molecule has 0 spiro atoms. The molecule has 1 saturated heterocycles. The van der Waals surface area contributed by atoms with E-state index >= 15 is 0 Å². The Morgan fingerprint density at radius 1 is 1.04 bits per heavy atom. The fourth-order valence-corrected chi connectivity index (χ4v) is 4.52. The number of benzene rings is 1. The van der Waals surface area contributed by atoms with E-state index in [1.54, 1.807) is 5.56 Å². The molecule has 2 aliphatic rings. The molecular formula is C22H36N2. The van der Waals surface area contributed by atoms with Gasteiger partial charge in [0.2, 0.25) is 0 Å². The lowest BCUT2D eigenvalue weighted by atomic mass is 9.68. The number of nitrogens with one attached hydrogen (secondary N) is 1. The summed E-state index contributed by atoms with van der Waals surface area (Å²) in [6.07, 6.45) is 6.76. The first-order valence-corrected chi connectivity index (χ1v) is 10.0. The van der Waals surface area contributed by atoms with Gasteiger partial charge in [-0.05, 0) is 60.5 Å². The first-order chi connectivity index (χ1) is 11.5. The highest BCUT2D eigenvalue weighted by Crippen LogP contribution is 2.43. The monoisotopic (exact) mass is 328 g/mol. The summed E-state index contributed by atoms with van der Waals surface area (Å²) in [5, 5.41) is 3.44. The van der Waals surface area contributed by atoms with Crippen LogP contribution in [0.15, 0.2) is 24.3 Å². The van der Waals surface area contributed by atoms with Crippen LogP contribution in [0.5, 0.6) is 0 Å². The number of nitrogens with zero attached hydrogens (tertiary/aromatic N) is 1. The quantitative estimate of drug-likeness (QED) is 0.878. The number of hydrogen-bond donors (Lipinski definition) is 1. The van der Waals surface area contributed by atoms with Crippen molar-refractivity contribution < 1.29 is 0 Å². The van der Waals surface area contributed by atoms with E-state index in [4.69, 9.17) is 0 Å². The lowest BCUT2D eigenvalue weighted by Crippen LogP contribution is -2.44. The van der Waals surface area contributed by atoms with Gasteiger partial charge >= 0.3 is 0 Å². The van der Waals surface area contributed by atoms with Crippen molar-refractivity contribution in [3.8, 4) is 0 Å². The minimum absolute atomic E-state index is 0.482. The number of hydrogen-bond acceptors (Lipinski definition) is 2.